The molecule has 4 rings (SSSR count). The maximum Gasteiger partial charge on any atom is 0.261 e. The number of nitrogens with one attached hydrogen (secondary N) is 2. The molecule has 0 saturated heterocycles. The Morgan fingerprint density at radius 1 is 0.912 bits per heavy atom. The molecule has 0 atom stereocenters. The number of aromatic hydroxyl groups is 1. The highest BCUT2D eigenvalue weighted by molar-refractivity contribution is 7.92. The van der Waals surface area contributed by atoms with Crippen LogP contribution in [-0.4, -0.2) is 36.5 Å². The molecule has 3 aromatic carbocycles. The topological polar surface area (TPSA) is 131 Å². The van der Waals surface area contributed by atoms with Gasteiger partial charge in [0, 0.05) is 16.8 Å². The molecule has 1 heterocycles. The third-order valence-electron chi connectivity index (χ3n) is 4.78. The predicted octanol–water partition coefficient (Wildman–Crippen LogP) is 3.91. The third-order valence-corrected chi connectivity index (χ3v) is 6.18. The Labute approximate surface area is 196 Å². The highest BCUT2D eigenvalue weighted by Gasteiger charge is 2.16. The molecule has 4 aromatic rings. The predicted molar refractivity (Wildman–Crippen MR) is 127 cm³/mol. The van der Waals surface area contributed by atoms with Gasteiger partial charge in [-0.05, 0) is 60.7 Å². The monoisotopic (exact) mass is 476 g/mol. The lowest BCUT2D eigenvalue weighted by atomic mass is 10.2. The molecule has 0 fully saturated rings. The van der Waals surface area contributed by atoms with Crippen LogP contribution in [0.1, 0.15) is 10.4 Å². The van der Waals surface area contributed by atoms with Crippen LogP contribution in [0, 0.1) is 0 Å². The van der Waals surface area contributed by atoms with Crippen molar-refractivity contribution in [2.75, 3.05) is 17.1 Å². The summed E-state index contributed by atoms with van der Waals surface area (Å²) in [4.78, 5) is 21.0. The number of methoxy groups -OCH3 is 1. The van der Waals surface area contributed by atoms with Crippen molar-refractivity contribution in [2.45, 2.75) is 4.90 Å². The molecule has 9 nitrogen and oxygen atoms in total. The van der Waals surface area contributed by atoms with E-state index in [1.807, 2.05) is 0 Å². The molecule has 3 N–H and O–H groups in total. The minimum atomic E-state index is -3.83. The number of ether oxygens (including phenoxy) is 1. The second-order valence-corrected chi connectivity index (χ2v) is 8.84. The smallest absolute Gasteiger partial charge is 0.261 e. The van der Waals surface area contributed by atoms with E-state index in [1.165, 1.54) is 49.8 Å². The van der Waals surface area contributed by atoms with Gasteiger partial charge in [0.05, 0.1) is 30.1 Å². The molecular weight excluding hydrogens is 456 g/mol. The number of aromatic nitrogens is 2. The van der Waals surface area contributed by atoms with E-state index in [0.717, 1.165) is 0 Å². The summed E-state index contributed by atoms with van der Waals surface area (Å²) in [6.45, 7) is 0. The fourth-order valence-electron chi connectivity index (χ4n) is 3.05. The molecule has 34 heavy (non-hydrogen) atoms. The van der Waals surface area contributed by atoms with Crippen LogP contribution < -0.4 is 14.8 Å². The quantitative estimate of drug-likeness (QED) is 0.369. The Hall–Kier alpha value is -4.44. The van der Waals surface area contributed by atoms with Gasteiger partial charge in [-0.15, -0.1) is 0 Å². The summed E-state index contributed by atoms with van der Waals surface area (Å²) in [5.41, 5.74) is 1.65. The third kappa shape index (κ3) is 5.30. The second kappa shape index (κ2) is 9.59. The van der Waals surface area contributed by atoms with Crippen molar-refractivity contribution in [1.29, 1.82) is 0 Å². The Morgan fingerprint density at radius 2 is 1.59 bits per heavy atom. The van der Waals surface area contributed by atoms with Crippen LogP contribution in [0.15, 0.2) is 90.1 Å². The number of benzene rings is 3. The Morgan fingerprint density at radius 3 is 2.21 bits per heavy atom. The average molecular weight is 477 g/mol. The molecule has 0 spiro atoms. The molecule has 1 amide bonds. The number of anilines is 2. The SMILES string of the molecule is COc1ccc(NS(=O)(=O)c2ccc(C(=O)Nc3cnc(-c4cccc(O)c4)nc3)cc2)cc1. The van der Waals surface area contributed by atoms with Crippen LogP contribution >= 0.6 is 0 Å². The number of sulfonamides is 1. The van der Waals surface area contributed by atoms with Gasteiger partial charge < -0.3 is 15.2 Å². The number of rotatable bonds is 7. The van der Waals surface area contributed by atoms with Crippen LogP contribution in [0.3, 0.4) is 0 Å². The lowest BCUT2D eigenvalue weighted by Gasteiger charge is -2.10. The van der Waals surface area contributed by atoms with E-state index >= 15 is 0 Å². The number of hydrogen-bond donors (Lipinski definition) is 3. The fourth-order valence-corrected chi connectivity index (χ4v) is 4.11. The van der Waals surface area contributed by atoms with Crippen molar-refractivity contribution < 1.29 is 23.1 Å². The fraction of sp³-hybridized carbons (Fsp3) is 0.0417. The lowest BCUT2D eigenvalue weighted by Crippen LogP contribution is -2.15. The van der Waals surface area contributed by atoms with Crippen molar-refractivity contribution in [3.63, 3.8) is 0 Å². The Bertz CT molecular complexity index is 1410. The van der Waals surface area contributed by atoms with Gasteiger partial charge in [0.25, 0.3) is 15.9 Å². The second-order valence-electron chi connectivity index (χ2n) is 7.16. The van der Waals surface area contributed by atoms with E-state index in [4.69, 9.17) is 4.74 Å². The van der Waals surface area contributed by atoms with Gasteiger partial charge in [0.1, 0.15) is 11.5 Å². The summed E-state index contributed by atoms with van der Waals surface area (Å²) in [5, 5.41) is 12.2. The molecule has 10 heteroatoms. The molecule has 172 valence electrons. The van der Waals surface area contributed by atoms with Gasteiger partial charge in [0.15, 0.2) is 5.82 Å². The van der Waals surface area contributed by atoms with Crippen LogP contribution in [0.2, 0.25) is 0 Å². The highest BCUT2D eigenvalue weighted by Crippen LogP contribution is 2.22. The standard InChI is InChI=1S/C24H20N4O5S/c1-33-21-9-7-18(8-10-21)28-34(31,32)22-11-5-16(6-12-22)24(30)27-19-14-25-23(26-15-19)17-3-2-4-20(29)13-17/h2-15,28-29H,1H3,(H,27,30). The van der Waals surface area contributed by atoms with Gasteiger partial charge >= 0.3 is 0 Å². The lowest BCUT2D eigenvalue weighted by molar-refractivity contribution is 0.102. The van der Waals surface area contributed by atoms with Crippen molar-refractivity contribution in [2.24, 2.45) is 0 Å². The number of hydrogen-bond acceptors (Lipinski definition) is 7. The van der Waals surface area contributed by atoms with Crippen LogP contribution in [0.4, 0.5) is 11.4 Å². The molecule has 0 radical (unpaired) electrons. The highest BCUT2D eigenvalue weighted by atomic mass is 32.2. The summed E-state index contributed by atoms with van der Waals surface area (Å²) in [7, 11) is -2.30. The molecule has 0 saturated carbocycles. The van der Waals surface area contributed by atoms with Crippen molar-refractivity contribution in [3.05, 3.63) is 90.8 Å². The minimum absolute atomic E-state index is 0.0127. The van der Waals surface area contributed by atoms with Crippen molar-refractivity contribution in [1.82, 2.24) is 9.97 Å². The van der Waals surface area contributed by atoms with E-state index in [1.54, 1.807) is 42.5 Å². The Kier molecular flexibility index (Phi) is 6.42. The molecule has 1 aromatic heterocycles. The molecule has 0 aliphatic heterocycles. The van der Waals surface area contributed by atoms with Crippen molar-refractivity contribution in [3.8, 4) is 22.9 Å². The number of nitrogens with zero attached hydrogens (tertiary/aromatic N) is 2. The Balaban J connectivity index is 1.42. The van der Waals surface area contributed by atoms with Crippen molar-refractivity contribution >= 4 is 27.3 Å². The molecule has 0 aliphatic rings. The van der Waals surface area contributed by atoms with E-state index < -0.39 is 15.9 Å². The van der Waals surface area contributed by atoms with E-state index in [0.29, 0.717) is 28.5 Å². The minimum Gasteiger partial charge on any atom is -0.508 e. The van der Waals surface area contributed by atoms with Crippen LogP contribution in [0.25, 0.3) is 11.4 Å². The average Bonchev–Trinajstić information content (AvgIpc) is 2.85. The van der Waals surface area contributed by atoms with Gasteiger partial charge in [-0.1, -0.05) is 12.1 Å². The molecule has 0 aliphatic carbocycles. The molecular formula is C24H20N4O5S. The summed E-state index contributed by atoms with van der Waals surface area (Å²) >= 11 is 0. The van der Waals surface area contributed by atoms with Gasteiger partial charge in [-0.25, -0.2) is 18.4 Å². The summed E-state index contributed by atoms with van der Waals surface area (Å²) in [5.74, 6) is 0.662. The first-order valence-electron chi connectivity index (χ1n) is 10.0. The zero-order valence-corrected chi connectivity index (χ0v) is 18.8. The van der Waals surface area contributed by atoms with E-state index in [2.05, 4.69) is 20.0 Å². The number of amides is 1. The number of phenols is 1. The zero-order valence-electron chi connectivity index (χ0n) is 18.0. The van der Waals surface area contributed by atoms with Gasteiger partial charge in [0.2, 0.25) is 0 Å². The van der Waals surface area contributed by atoms with Gasteiger partial charge in [-0.2, -0.15) is 0 Å². The molecule has 0 unspecified atom stereocenters. The first kappa shape index (κ1) is 22.7. The largest absolute Gasteiger partial charge is 0.508 e. The van der Waals surface area contributed by atoms with E-state index in [9.17, 15) is 18.3 Å². The van der Waals surface area contributed by atoms with Crippen LogP contribution in [0.5, 0.6) is 11.5 Å². The summed E-state index contributed by atoms with van der Waals surface area (Å²) in [6, 6.07) is 18.5. The summed E-state index contributed by atoms with van der Waals surface area (Å²) < 4.78 is 32.8. The maximum atomic E-state index is 12.6. The number of carbonyl (C=O) groups is 1. The first-order valence-corrected chi connectivity index (χ1v) is 11.5. The maximum absolute atomic E-state index is 12.6. The van der Waals surface area contributed by atoms with E-state index in [-0.39, 0.29) is 16.2 Å². The number of phenolic OH excluding ortho intramolecular Hbond substituents is 1. The van der Waals surface area contributed by atoms with Crippen LogP contribution in [-0.2, 0) is 10.0 Å². The zero-order chi connectivity index (χ0) is 24.1. The number of carbonyl (C=O) groups excluding carboxylic acids is 1. The van der Waals surface area contributed by atoms with Gasteiger partial charge in [-0.3, -0.25) is 9.52 Å². The molecule has 0 bridgehead atoms. The first-order chi connectivity index (χ1) is 16.3. The normalized spacial score (nSPS) is 11.0. The summed E-state index contributed by atoms with van der Waals surface area (Å²) in [6.07, 6.45) is 2.89.